The predicted octanol–water partition coefficient (Wildman–Crippen LogP) is 1.66. The molecule has 1 unspecified atom stereocenters. The Balaban J connectivity index is 2.10. The number of rotatable bonds is 4. The van der Waals surface area contributed by atoms with Crippen LogP contribution in [0.3, 0.4) is 0 Å². The maximum atomic E-state index is 6.17. The van der Waals surface area contributed by atoms with Crippen molar-refractivity contribution in [1.29, 1.82) is 0 Å². The Morgan fingerprint density at radius 2 is 2.06 bits per heavy atom. The number of nitrogens with zero attached hydrogens (tertiary/aromatic N) is 2. The van der Waals surface area contributed by atoms with Gasteiger partial charge in [0, 0.05) is 25.2 Å². The molecule has 1 saturated heterocycles. The van der Waals surface area contributed by atoms with E-state index < -0.39 is 5.54 Å². The number of hydrogen-bond donors (Lipinski definition) is 1. The lowest BCUT2D eigenvalue weighted by molar-refractivity contribution is 0.185. The van der Waals surface area contributed by atoms with Gasteiger partial charge in [-0.3, -0.25) is 0 Å². The van der Waals surface area contributed by atoms with E-state index in [9.17, 15) is 0 Å². The van der Waals surface area contributed by atoms with Gasteiger partial charge in [0.2, 0.25) is 5.89 Å². The topological polar surface area (TPSA) is 74.2 Å². The molecular weight excluding hydrogens is 230 g/mol. The molecule has 2 N–H and O–H groups in total. The van der Waals surface area contributed by atoms with Crippen molar-refractivity contribution in [2.24, 2.45) is 11.7 Å². The Bertz CT molecular complexity index is 401. The van der Waals surface area contributed by atoms with Gasteiger partial charge in [0.1, 0.15) is 0 Å². The average Bonchev–Trinajstić information content (AvgIpc) is 2.87. The molecule has 1 aromatic rings. The van der Waals surface area contributed by atoms with Gasteiger partial charge in [-0.1, -0.05) is 5.16 Å². The van der Waals surface area contributed by atoms with Gasteiger partial charge in [0.05, 0.1) is 5.41 Å². The highest BCUT2D eigenvalue weighted by atomic mass is 16.5. The first-order valence-electron chi connectivity index (χ1n) is 6.50. The lowest BCUT2D eigenvalue weighted by atomic mass is 9.75. The molecule has 5 heteroatoms. The van der Waals surface area contributed by atoms with E-state index in [2.05, 4.69) is 10.1 Å². The zero-order valence-electron chi connectivity index (χ0n) is 11.7. The molecule has 0 spiro atoms. The molecule has 5 nitrogen and oxygen atoms in total. The molecule has 0 amide bonds. The third kappa shape index (κ3) is 2.57. The molecule has 1 fully saturated rings. The Morgan fingerprint density at radius 3 is 2.61 bits per heavy atom. The molecule has 1 aliphatic rings. The molecule has 1 aromatic heterocycles. The second-order valence-corrected chi connectivity index (χ2v) is 6.30. The van der Waals surface area contributed by atoms with Crippen LogP contribution in [0.25, 0.3) is 0 Å². The second-order valence-electron chi connectivity index (χ2n) is 6.30. The summed E-state index contributed by atoms with van der Waals surface area (Å²) in [6, 6.07) is 0. The quantitative estimate of drug-likeness (QED) is 0.883. The number of aromatic nitrogens is 2. The molecule has 2 heterocycles. The van der Waals surface area contributed by atoms with Crippen LogP contribution in [0, 0.1) is 5.92 Å². The van der Waals surface area contributed by atoms with Crippen molar-refractivity contribution >= 4 is 0 Å². The predicted molar refractivity (Wildman–Crippen MR) is 68.2 cm³/mol. The summed E-state index contributed by atoms with van der Waals surface area (Å²) in [6.45, 7) is 9.65. The molecule has 0 saturated carbocycles. The van der Waals surface area contributed by atoms with Crippen LogP contribution in [0.4, 0.5) is 0 Å². The van der Waals surface area contributed by atoms with Crippen LogP contribution >= 0.6 is 0 Å². The summed E-state index contributed by atoms with van der Waals surface area (Å²) in [5, 5.41) is 4.06. The highest BCUT2D eigenvalue weighted by Gasteiger charge is 2.40. The molecule has 0 bridgehead atoms. The molecule has 1 aliphatic heterocycles. The van der Waals surface area contributed by atoms with Crippen LogP contribution < -0.4 is 5.73 Å². The van der Waals surface area contributed by atoms with Gasteiger partial charge in [-0.2, -0.15) is 4.98 Å². The summed E-state index contributed by atoms with van der Waals surface area (Å²) in [6.07, 6.45) is 1.90. The van der Waals surface area contributed by atoms with Crippen molar-refractivity contribution in [3.63, 3.8) is 0 Å². The molecule has 2 rings (SSSR count). The van der Waals surface area contributed by atoms with E-state index in [1.54, 1.807) is 0 Å². The summed E-state index contributed by atoms with van der Waals surface area (Å²) in [7, 11) is 0. The molecule has 102 valence electrons. The third-order valence-corrected chi connectivity index (χ3v) is 4.11. The Hall–Kier alpha value is -0.940. The first-order chi connectivity index (χ1) is 8.30. The van der Waals surface area contributed by atoms with Crippen molar-refractivity contribution in [1.82, 2.24) is 10.1 Å². The maximum absolute atomic E-state index is 6.17. The standard InChI is InChI=1S/C13H23N3O2/c1-12(2,13(3,4)14)11-15-10(16-18-11)7-9-5-6-17-8-9/h9H,5-8,14H2,1-4H3. The molecule has 1 atom stereocenters. The molecule has 18 heavy (non-hydrogen) atoms. The van der Waals surface area contributed by atoms with Crippen molar-refractivity contribution in [3.8, 4) is 0 Å². The molecular formula is C13H23N3O2. The lowest BCUT2D eigenvalue weighted by Crippen LogP contribution is -2.50. The molecule has 0 radical (unpaired) electrons. The van der Waals surface area contributed by atoms with Crippen molar-refractivity contribution < 1.29 is 9.26 Å². The molecule has 0 aromatic carbocycles. The van der Waals surface area contributed by atoms with Crippen molar-refractivity contribution in [2.75, 3.05) is 13.2 Å². The van der Waals surface area contributed by atoms with Gasteiger partial charge in [-0.25, -0.2) is 0 Å². The van der Waals surface area contributed by atoms with Crippen LogP contribution in [-0.4, -0.2) is 28.9 Å². The van der Waals surface area contributed by atoms with Crippen LogP contribution in [0.1, 0.15) is 45.8 Å². The van der Waals surface area contributed by atoms with Crippen LogP contribution in [0.2, 0.25) is 0 Å². The minimum absolute atomic E-state index is 0.343. The monoisotopic (exact) mass is 253 g/mol. The summed E-state index contributed by atoms with van der Waals surface area (Å²) in [5.74, 6) is 1.89. The van der Waals surface area contributed by atoms with E-state index >= 15 is 0 Å². The second kappa shape index (κ2) is 4.63. The van der Waals surface area contributed by atoms with Gasteiger partial charge in [0.15, 0.2) is 5.82 Å². The number of ether oxygens (including phenoxy) is 1. The Morgan fingerprint density at radius 1 is 1.33 bits per heavy atom. The largest absolute Gasteiger partial charge is 0.381 e. The SMILES string of the molecule is CC(C)(N)C(C)(C)c1nc(CC2CCOC2)no1. The minimum Gasteiger partial charge on any atom is -0.381 e. The Labute approximate surface area is 108 Å². The highest BCUT2D eigenvalue weighted by molar-refractivity contribution is 5.11. The van der Waals surface area contributed by atoms with Crippen molar-refractivity contribution in [2.45, 2.75) is 51.5 Å². The zero-order chi connectivity index (χ0) is 13.4. The number of hydrogen-bond acceptors (Lipinski definition) is 5. The summed E-state index contributed by atoms with van der Waals surface area (Å²) in [4.78, 5) is 4.50. The first-order valence-corrected chi connectivity index (χ1v) is 6.50. The van der Waals surface area contributed by atoms with Gasteiger partial charge in [0.25, 0.3) is 0 Å². The first kappa shape index (κ1) is 13.5. The van der Waals surface area contributed by atoms with E-state index in [4.69, 9.17) is 15.0 Å². The van der Waals surface area contributed by atoms with Gasteiger partial charge >= 0.3 is 0 Å². The smallest absolute Gasteiger partial charge is 0.234 e. The van der Waals surface area contributed by atoms with Gasteiger partial charge in [-0.15, -0.1) is 0 Å². The zero-order valence-corrected chi connectivity index (χ0v) is 11.7. The van der Waals surface area contributed by atoms with Crippen LogP contribution in [0.15, 0.2) is 4.52 Å². The van der Waals surface area contributed by atoms with E-state index in [1.807, 2.05) is 27.7 Å². The fourth-order valence-electron chi connectivity index (χ4n) is 1.87. The highest BCUT2D eigenvalue weighted by Crippen LogP contribution is 2.32. The summed E-state index contributed by atoms with van der Waals surface area (Å²) in [5.41, 5.74) is 5.42. The minimum atomic E-state index is -0.409. The Kier molecular flexibility index (Phi) is 3.47. The van der Waals surface area contributed by atoms with E-state index in [0.717, 1.165) is 31.9 Å². The van der Waals surface area contributed by atoms with E-state index in [-0.39, 0.29) is 5.41 Å². The van der Waals surface area contributed by atoms with Crippen LogP contribution in [-0.2, 0) is 16.6 Å². The van der Waals surface area contributed by atoms with E-state index in [0.29, 0.717) is 11.8 Å². The van der Waals surface area contributed by atoms with Crippen LogP contribution in [0.5, 0.6) is 0 Å². The lowest BCUT2D eigenvalue weighted by Gasteiger charge is -2.34. The summed E-state index contributed by atoms with van der Waals surface area (Å²) < 4.78 is 10.7. The summed E-state index contributed by atoms with van der Waals surface area (Å²) >= 11 is 0. The maximum Gasteiger partial charge on any atom is 0.234 e. The molecule has 0 aliphatic carbocycles. The van der Waals surface area contributed by atoms with Gasteiger partial charge in [-0.05, 0) is 40.0 Å². The van der Waals surface area contributed by atoms with Crippen molar-refractivity contribution in [3.05, 3.63) is 11.7 Å². The van der Waals surface area contributed by atoms with Gasteiger partial charge < -0.3 is 15.0 Å². The fourth-order valence-corrected chi connectivity index (χ4v) is 1.87. The number of nitrogens with two attached hydrogens (primary N) is 1. The normalized spacial score (nSPS) is 21.5. The third-order valence-electron chi connectivity index (χ3n) is 4.11. The van der Waals surface area contributed by atoms with E-state index in [1.165, 1.54) is 0 Å². The average molecular weight is 253 g/mol. The fraction of sp³-hybridized carbons (Fsp3) is 0.846.